The Morgan fingerprint density at radius 3 is 2.72 bits per heavy atom. The highest BCUT2D eigenvalue weighted by atomic mass is 32.2. The van der Waals surface area contributed by atoms with E-state index in [0.29, 0.717) is 13.0 Å². The maximum absolute atomic E-state index is 13.3. The van der Waals surface area contributed by atoms with E-state index < -0.39 is 27.9 Å². The third kappa shape index (κ3) is 4.92. The van der Waals surface area contributed by atoms with Gasteiger partial charge in [-0.2, -0.15) is 0 Å². The van der Waals surface area contributed by atoms with Crippen molar-refractivity contribution < 1.29 is 27.1 Å². The van der Waals surface area contributed by atoms with Crippen LogP contribution in [0.1, 0.15) is 35.2 Å². The maximum atomic E-state index is 13.3. The number of benzene rings is 2. The van der Waals surface area contributed by atoms with Gasteiger partial charge in [-0.3, -0.25) is 9.52 Å². The number of hydrogen-bond acceptors (Lipinski definition) is 5. The van der Waals surface area contributed by atoms with Crippen LogP contribution >= 0.6 is 0 Å². The fourth-order valence-corrected chi connectivity index (χ4v) is 4.39. The topological polar surface area (TPSA) is 102 Å². The van der Waals surface area contributed by atoms with Gasteiger partial charge in [0.25, 0.3) is 15.9 Å². The molecule has 1 aliphatic heterocycles. The Morgan fingerprint density at radius 1 is 1.21 bits per heavy atom. The van der Waals surface area contributed by atoms with Crippen molar-refractivity contribution in [3.8, 4) is 0 Å². The Kier molecular flexibility index (Phi) is 6.17. The predicted molar refractivity (Wildman–Crippen MR) is 104 cm³/mol. The van der Waals surface area contributed by atoms with E-state index in [1.54, 1.807) is 12.1 Å². The summed E-state index contributed by atoms with van der Waals surface area (Å²) in [5.41, 5.74) is 0.218. The van der Waals surface area contributed by atoms with Gasteiger partial charge in [-0.25, -0.2) is 17.6 Å². The van der Waals surface area contributed by atoms with Crippen LogP contribution in [0.5, 0.6) is 0 Å². The molecule has 1 unspecified atom stereocenters. The van der Waals surface area contributed by atoms with Gasteiger partial charge in [0, 0.05) is 6.54 Å². The summed E-state index contributed by atoms with van der Waals surface area (Å²) in [6.45, 7) is 2.00. The van der Waals surface area contributed by atoms with Gasteiger partial charge >= 0.3 is 5.97 Å². The van der Waals surface area contributed by atoms with Crippen LogP contribution in [0.25, 0.3) is 0 Å². The van der Waals surface area contributed by atoms with Crippen molar-refractivity contribution in [1.29, 1.82) is 0 Å². The number of rotatable bonds is 5. The first-order valence-corrected chi connectivity index (χ1v) is 10.6. The molecule has 2 N–H and O–H groups in total. The number of hydrogen-bond donors (Lipinski definition) is 2. The largest absolute Gasteiger partial charge is 0.449 e. The van der Waals surface area contributed by atoms with Gasteiger partial charge in [0.1, 0.15) is 5.82 Å². The summed E-state index contributed by atoms with van der Waals surface area (Å²) in [7, 11) is -4.07. The fourth-order valence-electron chi connectivity index (χ4n) is 3.08. The normalized spacial score (nSPS) is 17.2. The smallest absolute Gasteiger partial charge is 0.341 e. The molecular weight excluding hydrogens is 399 g/mol. The number of esters is 1. The third-order valence-corrected chi connectivity index (χ3v) is 6.08. The molecule has 154 valence electrons. The first kappa shape index (κ1) is 20.8. The summed E-state index contributed by atoms with van der Waals surface area (Å²) < 4.78 is 46.5. The SMILES string of the molecule is Cc1cc(F)ccc1S(=O)(=O)Nc1ccccc1C(=O)OC1CCCCNC1=O. The molecule has 0 radical (unpaired) electrons. The van der Waals surface area contributed by atoms with Crippen LogP contribution in [0.15, 0.2) is 47.4 Å². The minimum atomic E-state index is -4.07. The van der Waals surface area contributed by atoms with E-state index in [1.165, 1.54) is 19.1 Å². The second-order valence-corrected chi connectivity index (χ2v) is 8.39. The van der Waals surface area contributed by atoms with E-state index >= 15 is 0 Å². The highest BCUT2D eigenvalue weighted by molar-refractivity contribution is 7.92. The molecule has 7 nitrogen and oxygen atoms in total. The number of amides is 1. The van der Waals surface area contributed by atoms with Crippen LogP contribution in [0.2, 0.25) is 0 Å². The number of carbonyl (C=O) groups is 2. The molecule has 2 aromatic carbocycles. The summed E-state index contributed by atoms with van der Waals surface area (Å²) in [5.74, 6) is -1.72. The van der Waals surface area contributed by atoms with Crippen molar-refractivity contribution in [3.63, 3.8) is 0 Å². The average molecular weight is 420 g/mol. The number of nitrogens with one attached hydrogen (secondary N) is 2. The lowest BCUT2D eigenvalue weighted by molar-refractivity contribution is -0.129. The molecule has 3 rings (SSSR count). The fraction of sp³-hybridized carbons (Fsp3) is 0.300. The van der Waals surface area contributed by atoms with Crippen LogP contribution in [0.3, 0.4) is 0 Å². The van der Waals surface area contributed by atoms with E-state index in [2.05, 4.69) is 10.0 Å². The minimum absolute atomic E-state index is 0.00950. The molecule has 0 aliphatic carbocycles. The highest BCUT2D eigenvalue weighted by Crippen LogP contribution is 2.24. The van der Waals surface area contributed by atoms with E-state index in [9.17, 15) is 22.4 Å². The minimum Gasteiger partial charge on any atom is -0.449 e. The third-order valence-electron chi connectivity index (χ3n) is 4.55. The van der Waals surface area contributed by atoms with Crippen molar-refractivity contribution in [3.05, 3.63) is 59.4 Å². The Hall–Kier alpha value is -2.94. The zero-order chi connectivity index (χ0) is 21.0. The van der Waals surface area contributed by atoms with E-state index in [0.717, 1.165) is 31.0 Å². The van der Waals surface area contributed by atoms with Gasteiger partial charge in [-0.1, -0.05) is 12.1 Å². The molecular formula is C20H21FN2O5S. The molecule has 0 aromatic heterocycles. The second kappa shape index (κ2) is 8.60. The zero-order valence-electron chi connectivity index (χ0n) is 15.8. The van der Waals surface area contributed by atoms with Crippen molar-refractivity contribution in [2.45, 2.75) is 37.2 Å². The van der Waals surface area contributed by atoms with Crippen LogP contribution in [-0.4, -0.2) is 32.9 Å². The Labute approximate surface area is 168 Å². The van der Waals surface area contributed by atoms with Crippen LogP contribution in [0.4, 0.5) is 10.1 Å². The van der Waals surface area contributed by atoms with Crippen LogP contribution in [0, 0.1) is 12.7 Å². The van der Waals surface area contributed by atoms with Crippen LogP contribution in [-0.2, 0) is 19.6 Å². The van der Waals surface area contributed by atoms with Gasteiger partial charge in [-0.15, -0.1) is 0 Å². The standard InChI is InChI=1S/C20H21FN2O5S/c1-13-12-14(21)9-10-18(13)29(26,27)23-16-7-3-2-6-15(16)20(25)28-17-8-4-5-11-22-19(17)24/h2-3,6-7,9-10,12,17,23H,4-5,8,11H2,1H3,(H,22,24). The van der Waals surface area contributed by atoms with E-state index in [-0.39, 0.29) is 27.6 Å². The number of anilines is 1. The molecule has 1 atom stereocenters. The summed E-state index contributed by atoms with van der Waals surface area (Å²) >= 11 is 0. The number of halogens is 1. The molecule has 1 saturated heterocycles. The number of sulfonamides is 1. The average Bonchev–Trinajstić information content (AvgIpc) is 2.86. The lowest BCUT2D eigenvalue weighted by Crippen LogP contribution is -2.36. The van der Waals surface area contributed by atoms with Crippen LogP contribution < -0.4 is 10.0 Å². The summed E-state index contributed by atoms with van der Waals surface area (Å²) in [4.78, 5) is 24.5. The van der Waals surface area contributed by atoms with E-state index in [1.807, 2.05) is 0 Å². The first-order valence-electron chi connectivity index (χ1n) is 9.14. The molecule has 1 fully saturated rings. The highest BCUT2D eigenvalue weighted by Gasteiger charge is 2.27. The Morgan fingerprint density at radius 2 is 1.97 bits per heavy atom. The van der Waals surface area contributed by atoms with Crippen molar-refractivity contribution >= 4 is 27.6 Å². The molecule has 9 heteroatoms. The van der Waals surface area contributed by atoms with Crippen molar-refractivity contribution in [1.82, 2.24) is 5.32 Å². The molecule has 1 aliphatic rings. The van der Waals surface area contributed by atoms with Crippen molar-refractivity contribution in [2.75, 3.05) is 11.3 Å². The van der Waals surface area contributed by atoms with Gasteiger partial charge in [0.15, 0.2) is 6.10 Å². The monoisotopic (exact) mass is 420 g/mol. The lowest BCUT2D eigenvalue weighted by atomic mass is 10.1. The lowest BCUT2D eigenvalue weighted by Gasteiger charge is -2.17. The Balaban J connectivity index is 1.84. The molecule has 1 heterocycles. The Bertz CT molecular complexity index is 1040. The quantitative estimate of drug-likeness (QED) is 0.725. The molecule has 1 amide bonds. The molecule has 2 aromatic rings. The second-order valence-electron chi connectivity index (χ2n) is 6.74. The molecule has 0 bridgehead atoms. The summed E-state index contributed by atoms with van der Waals surface area (Å²) in [6, 6.07) is 9.26. The molecule has 0 saturated carbocycles. The van der Waals surface area contributed by atoms with Gasteiger partial charge in [0.2, 0.25) is 0 Å². The number of aryl methyl sites for hydroxylation is 1. The van der Waals surface area contributed by atoms with Gasteiger partial charge < -0.3 is 10.1 Å². The maximum Gasteiger partial charge on any atom is 0.341 e. The predicted octanol–water partition coefficient (Wildman–Crippen LogP) is 2.76. The number of carbonyl (C=O) groups excluding carboxylic acids is 2. The summed E-state index contributed by atoms with van der Waals surface area (Å²) in [5, 5.41) is 2.68. The number of ether oxygens (including phenoxy) is 1. The number of para-hydroxylation sites is 1. The summed E-state index contributed by atoms with van der Waals surface area (Å²) in [6.07, 6.45) is 1.01. The first-order chi connectivity index (χ1) is 13.8. The van der Waals surface area contributed by atoms with Gasteiger partial charge in [-0.05, 0) is 62.1 Å². The zero-order valence-corrected chi connectivity index (χ0v) is 16.6. The van der Waals surface area contributed by atoms with Gasteiger partial charge in [0.05, 0.1) is 16.1 Å². The van der Waals surface area contributed by atoms with E-state index in [4.69, 9.17) is 4.74 Å². The molecule has 0 spiro atoms. The van der Waals surface area contributed by atoms with Crippen molar-refractivity contribution in [2.24, 2.45) is 0 Å². The molecule has 29 heavy (non-hydrogen) atoms.